The van der Waals surface area contributed by atoms with Crippen molar-refractivity contribution in [2.75, 3.05) is 40.5 Å². The van der Waals surface area contributed by atoms with Gasteiger partial charge in [0.15, 0.2) is 0 Å². The Morgan fingerprint density at radius 2 is 2.00 bits per heavy atom. The number of hydrogen-bond donors (Lipinski definition) is 1. The van der Waals surface area contributed by atoms with Crippen LogP contribution in [0.4, 0.5) is 0 Å². The fourth-order valence-electron chi connectivity index (χ4n) is 2.21. The normalized spacial score (nSPS) is 19.4. The van der Waals surface area contributed by atoms with Crippen molar-refractivity contribution >= 4 is 5.91 Å². The predicted octanol–water partition coefficient (Wildman–Crippen LogP) is 0.248. The van der Waals surface area contributed by atoms with Crippen LogP contribution in [0.5, 0.6) is 0 Å². The lowest BCUT2D eigenvalue weighted by atomic mass is 10.0. The molecule has 0 aromatic carbocycles. The number of carbonyl (C=O) groups excluding carboxylic acids is 1. The third-order valence-corrected chi connectivity index (χ3v) is 3.05. The van der Waals surface area contributed by atoms with Crippen molar-refractivity contribution in [1.29, 1.82) is 0 Å². The Labute approximate surface area is 103 Å². The standard InChI is InChI=1S/C12H24N2O3/c1-10(8-16-2)13-11-4-6-14(7-5-11)12(15)9-17-3/h10-11,13H,4-9H2,1-3H3. The second kappa shape index (κ2) is 7.63. The second-order valence-corrected chi connectivity index (χ2v) is 4.61. The van der Waals surface area contributed by atoms with E-state index < -0.39 is 0 Å². The third-order valence-electron chi connectivity index (χ3n) is 3.05. The van der Waals surface area contributed by atoms with Crippen LogP contribution in [0, 0.1) is 0 Å². The first-order valence-corrected chi connectivity index (χ1v) is 6.19. The van der Waals surface area contributed by atoms with Gasteiger partial charge in [-0.2, -0.15) is 0 Å². The number of methoxy groups -OCH3 is 2. The van der Waals surface area contributed by atoms with Crippen molar-refractivity contribution in [3.8, 4) is 0 Å². The second-order valence-electron chi connectivity index (χ2n) is 4.61. The van der Waals surface area contributed by atoms with Crippen LogP contribution in [0.2, 0.25) is 0 Å². The maximum atomic E-state index is 11.6. The van der Waals surface area contributed by atoms with E-state index in [1.165, 1.54) is 0 Å². The van der Waals surface area contributed by atoms with E-state index in [0.717, 1.165) is 32.5 Å². The number of rotatable bonds is 6. The molecular weight excluding hydrogens is 220 g/mol. The van der Waals surface area contributed by atoms with E-state index in [1.807, 2.05) is 4.90 Å². The molecule has 100 valence electrons. The first kappa shape index (κ1) is 14.4. The van der Waals surface area contributed by atoms with Gasteiger partial charge in [0.1, 0.15) is 6.61 Å². The Morgan fingerprint density at radius 1 is 1.35 bits per heavy atom. The Hall–Kier alpha value is -0.650. The summed E-state index contributed by atoms with van der Waals surface area (Å²) in [5.74, 6) is 0.0934. The number of nitrogens with zero attached hydrogens (tertiary/aromatic N) is 1. The number of likely N-dealkylation sites (tertiary alicyclic amines) is 1. The van der Waals surface area contributed by atoms with Gasteiger partial charge in [-0.25, -0.2) is 0 Å². The van der Waals surface area contributed by atoms with Gasteiger partial charge in [-0.05, 0) is 19.8 Å². The van der Waals surface area contributed by atoms with Crippen molar-refractivity contribution in [3.05, 3.63) is 0 Å². The molecule has 1 amide bonds. The van der Waals surface area contributed by atoms with E-state index in [0.29, 0.717) is 12.1 Å². The van der Waals surface area contributed by atoms with Gasteiger partial charge < -0.3 is 19.7 Å². The summed E-state index contributed by atoms with van der Waals surface area (Å²) in [6.07, 6.45) is 2.01. The number of piperidine rings is 1. The number of nitrogens with one attached hydrogen (secondary N) is 1. The van der Waals surface area contributed by atoms with Gasteiger partial charge in [0.25, 0.3) is 0 Å². The number of amides is 1. The monoisotopic (exact) mass is 244 g/mol. The maximum absolute atomic E-state index is 11.6. The summed E-state index contributed by atoms with van der Waals surface area (Å²) < 4.78 is 9.95. The van der Waals surface area contributed by atoms with E-state index in [1.54, 1.807) is 14.2 Å². The van der Waals surface area contributed by atoms with Crippen LogP contribution in [0.3, 0.4) is 0 Å². The lowest BCUT2D eigenvalue weighted by molar-refractivity contribution is -0.136. The molecule has 1 saturated heterocycles. The quantitative estimate of drug-likeness (QED) is 0.727. The van der Waals surface area contributed by atoms with Gasteiger partial charge >= 0.3 is 0 Å². The largest absolute Gasteiger partial charge is 0.383 e. The molecule has 1 unspecified atom stereocenters. The van der Waals surface area contributed by atoms with Crippen molar-refractivity contribution < 1.29 is 14.3 Å². The van der Waals surface area contributed by atoms with Crippen molar-refractivity contribution in [1.82, 2.24) is 10.2 Å². The van der Waals surface area contributed by atoms with Gasteiger partial charge in [0.2, 0.25) is 5.91 Å². The van der Waals surface area contributed by atoms with Crippen LogP contribution in [0.15, 0.2) is 0 Å². The zero-order chi connectivity index (χ0) is 12.7. The van der Waals surface area contributed by atoms with E-state index in [4.69, 9.17) is 9.47 Å². The van der Waals surface area contributed by atoms with Crippen molar-refractivity contribution in [2.45, 2.75) is 31.8 Å². The van der Waals surface area contributed by atoms with Crippen LogP contribution in [-0.2, 0) is 14.3 Å². The summed E-state index contributed by atoms with van der Waals surface area (Å²) in [6, 6.07) is 0.859. The van der Waals surface area contributed by atoms with Gasteiger partial charge in [-0.1, -0.05) is 0 Å². The fraction of sp³-hybridized carbons (Fsp3) is 0.917. The molecule has 0 bridgehead atoms. The lowest BCUT2D eigenvalue weighted by Gasteiger charge is -2.33. The highest BCUT2D eigenvalue weighted by Gasteiger charge is 2.23. The predicted molar refractivity (Wildman–Crippen MR) is 66.0 cm³/mol. The lowest BCUT2D eigenvalue weighted by Crippen LogP contribution is -2.48. The molecule has 1 aliphatic rings. The first-order valence-electron chi connectivity index (χ1n) is 6.19. The Balaban J connectivity index is 2.23. The molecule has 0 aliphatic carbocycles. The van der Waals surface area contributed by atoms with Crippen LogP contribution >= 0.6 is 0 Å². The Bertz CT molecular complexity index is 228. The molecule has 1 heterocycles. The third kappa shape index (κ3) is 5.02. The maximum Gasteiger partial charge on any atom is 0.248 e. The molecular formula is C12H24N2O3. The molecule has 1 fully saturated rings. The minimum atomic E-state index is 0.0934. The van der Waals surface area contributed by atoms with Crippen molar-refractivity contribution in [2.24, 2.45) is 0 Å². The van der Waals surface area contributed by atoms with Crippen LogP contribution in [0.25, 0.3) is 0 Å². The number of hydrogen-bond acceptors (Lipinski definition) is 4. The SMILES string of the molecule is COCC(=O)N1CCC(NC(C)COC)CC1. The van der Waals surface area contributed by atoms with Crippen LogP contribution in [0.1, 0.15) is 19.8 Å². The molecule has 5 nitrogen and oxygen atoms in total. The van der Waals surface area contributed by atoms with Gasteiger partial charge in [-0.3, -0.25) is 4.79 Å². The molecule has 0 saturated carbocycles. The highest BCUT2D eigenvalue weighted by molar-refractivity contribution is 5.77. The molecule has 0 aromatic rings. The molecule has 1 aliphatic heterocycles. The summed E-state index contributed by atoms with van der Waals surface area (Å²) >= 11 is 0. The highest BCUT2D eigenvalue weighted by atomic mass is 16.5. The van der Waals surface area contributed by atoms with Gasteiger partial charge in [0, 0.05) is 39.4 Å². The number of carbonyl (C=O) groups is 1. The van der Waals surface area contributed by atoms with Crippen LogP contribution in [-0.4, -0.2) is 63.4 Å². The van der Waals surface area contributed by atoms with E-state index >= 15 is 0 Å². The first-order chi connectivity index (χ1) is 8.17. The average Bonchev–Trinajstić information content (AvgIpc) is 2.30. The van der Waals surface area contributed by atoms with Gasteiger partial charge in [-0.15, -0.1) is 0 Å². The molecule has 1 rings (SSSR count). The zero-order valence-electron chi connectivity index (χ0n) is 11.1. The minimum absolute atomic E-state index is 0.0934. The molecule has 0 spiro atoms. The fourth-order valence-corrected chi connectivity index (χ4v) is 2.21. The summed E-state index contributed by atoms with van der Waals surface area (Å²) in [6.45, 7) is 4.67. The molecule has 0 aromatic heterocycles. The summed E-state index contributed by atoms with van der Waals surface area (Å²) in [5.41, 5.74) is 0. The molecule has 5 heteroatoms. The zero-order valence-corrected chi connectivity index (χ0v) is 11.1. The highest BCUT2D eigenvalue weighted by Crippen LogP contribution is 2.11. The van der Waals surface area contributed by atoms with Crippen LogP contribution < -0.4 is 5.32 Å². The molecule has 0 radical (unpaired) electrons. The summed E-state index contributed by atoms with van der Waals surface area (Å²) in [7, 11) is 3.27. The Morgan fingerprint density at radius 3 is 2.53 bits per heavy atom. The summed E-state index contributed by atoms with van der Waals surface area (Å²) in [5, 5.41) is 3.52. The van der Waals surface area contributed by atoms with E-state index in [2.05, 4.69) is 12.2 Å². The van der Waals surface area contributed by atoms with E-state index in [-0.39, 0.29) is 12.5 Å². The molecule has 17 heavy (non-hydrogen) atoms. The summed E-state index contributed by atoms with van der Waals surface area (Å²) in [4.78, 5) is 13.5. The molecule has 1 atom stereocenters. The van der Waals surface area contributed by atoms with Crippen molar-refractivity contribution in [3.63, 3.8) is 0 Å². The average molecular weight is 244 g/mol. The van der Waals surface area contributed by atoms with E-state index in [9.17, 15) is 4.79 Å². The minimum Gasteiger partial charge on any atom is -0.383 e. The van der Waals surface area contributed by atoms with Gasteiger partial charge in [0.05, 0.1) is 6.61 Å². The smallest absolute Gasteiger partial charge is 0.248 e. The Kier molecular flexibility index (Phi) is 6.47. The molecule has 1 N–H and O–H groups in total. The number of ether oxygens (including phenoxy) is 2. The topological polar surface area (TPSA) is 50.8 Å².